The van der Waals surface area contributed by atoms with Gasteiger partial charge in [0.05, 0.1) is 0 Å². The van der Waals surface area contributed by atoms with Gasteiger partial charge in [0.1, 0.15) is 5.41 Å². The fourth-order valence-electron chi connectivity index (χ4n) is 1.65. The largest absolute Gasteiger partial charge is 0.481 e. The molecule has 5 nitrogen and oxygen atoms in total. The summed E-state index contributed by atoms with van der Waals surface area (Å²) >= 11 is 0. The molecule has 1 amide bonds. The van der Waals surface area contributed by atoms with E-state index in [4.69, 9.17) is 5.11 Å². The molecule has 1 aliphatic rings. The molecule has 1 fully saturated rings. The highest BCUT2D eigenvalue weighted by molar-refractivity contribution is 5.79. The van der Waals surface area contributed by atoms with Crippen LogP contribution in [0.4, 0.5) is 0 Å². The van der Waals surface area contributed by atoms with E-state index in [1.54, 1.807) is 0 Å². The lowest BCUT2D eigenvalue weighted by atomic mass is 9.79. The number of nitrogens with zero attached hydrogens (tertiary/aromatic N) is 1. The molecule has 1 heterocycles. The smallest absolute Gasteiger partial charge is 0.314 e. The minimum atomic E-state index is -0.823. The van der Waals surface area contributed by atoms with Crippen LogP contribution in [0.15, 0.2) is 0 Å². The molecule has 14 heavy (non-hydrogen) atoms. The molecule has 1 aliphatic heterocycles. The van der Waals surface area contributed by atoms with Crippen LogP contribution >= 0.6 is 0 Å². The average Bonchev–Trinajstić information content (AvgIpc) is 2.01. The Labute approximate surface area is 83.1 Å². The number of nitrogens with one attached hydrogen (secondary N) is 1. The predicted molar refractivity (Wildman–Crippen MR) is 50.9 cm³/mol. The van der Waals surface area contributed by atoms with Crippen LogP contribution in [-0.2, 0) is 9.59 Å². The predicted octanol–water partition coefficient (Wildman–Crippen LogP) is -0.471. The molecule has 1 saturated heterocycles. The molecule has 0 unspecified atom stereocenters. The van der Waals surface area contributed by atoms with Crippen LogP contribution in [-0.4, -0.2) is 48.1 Å². The number of likely N-dealkylation sites (tertiary alicyclic amines) is 1. The Bertz CT molecular complexity index is 246. The van der Waals surface area contributed by atoms with Gasteiger partial charge in [-0.2, -0.15) is 0 Å². The van der Waals surface area contributed by atoms with Crippen LogP contribution in [0.2, 0.25) is 0 Å². The molecular weight excluding hydrogens is 184 g/mol. The summed E-state index contributed by atoms with van der Waals surface area (Å²) in [5.41, 5.74) is -0.762. The van der Waals surface area contributed by atoms with Crippen molar-refractivity contribution in [1.29, 1.82) is 0 Å². The van der Waals surface area contributed by atoms with E-state index >= 15 is 0 Å². The van der Waals surface area contributed by atoms with Crippen molar-refractivity contribution in [3.63, 3.8) is 0 Å². The fourth-order valence-corrected chi connectivity index (χ4v) is 1.65. The summed E-state index contributed by atoms with van der Waals surface area (Å²) in [4.78, 5) is 23.7. The zero-order valence-electron chi connectivity index (χ0n) is 8.54. The van der Waals surface area contributed by atoms with Gasteiger partial charge in [-0.15, -0.1) is 0 Å². The van der Waals surface area contributed by atoms with Gasteiger partial charge in [0.15, 0.2) is 0 Å². The second-order valence-electron chi connectivity index (χ2n) is 3.80. The molecule has 0 aromatic heterocycles. The lowest BCUT2D eigenvalue weighted by Gasteiger charge is -2.46. The van der Waals surface area contributed by atoms with Crippen LogP contribution < -0.4 is 5.32 Å². The van der Waals surface area contributed by atoms with E-state index in [0.29, 0.717) is 13.1 Å². The molecule has 0 radical (unpaired) electrons. The Hall–Kier alpha value is -1.10. The molecule has 0 bridgehead atoms. The first-order chi connectivity index (χ1) is 6.50. The Morgan fingerprint density at radius 1 is 1.50 bits per heavy atom. The van der Waals surface area contributed by atoms with Gasteiger partial charge >= 0.3 is 5.97 Å². The van der Waals surface area contributed by atoms with Crippen molar-refractivity contribution in [1.82, 2.24) is 10.2 Å². The van der Waals surface area contributed by atoms with E-state index in [0.717, 1.165) is 6.54 Å². The van der Waals surface area contributed by atoms with E-state index in [1.807, 2.05) is 11.8 Å². The minimum Gasteiger partial charge on any atom is -0.481 e. The maximum absolute atomic E-state index is 11.0. The van der Waals surface area contributed by atoms with Crippen LogP contribution in [0.5, 0.6) is 0 Å². The van der Waals surface area contributed by atoms with Gasteiger partial charge in [0, 0.05) is 26.6 Å². The first-order valence-corrected chi connectivity index (χ1v) is 4.70. The zero-order chi connectivity index (χ0) is 10.8. The maximum Gasteiger partial charge on any atom is 0.314 e. The molecule has 1 rings (SSSR count). The number of carboxylic acids is 1. The molecule has 0 aliphatic carbocycles. The summed E-state index contributed by atoms with van der Waals surface area (Å²) in [6.07, 6.45) is 0. The first kappa shape index (κ1) is 11.0. The van der Waals surface area contributed by atoms with Crippen LogP contribution in [0, 0.1) is 5.41 Å². The lowest BCUT2D eigenvalue weighted by Crippen LogP contribution is -2.64. The number of carbonyl (C=O) groups is 2. The maximum atomic E-state index is 11.0. The number of hydrogen-bond acceptors (Lipinski definition) is 3. The third-order valence-electron chi connectivity index (χ3n) is 2.63. The molecular formula is C9H16N2O3. The van der Waals surface area contributed by atoms with Crippen molar-refractivity contribution in [3.05, 3.63) is 0 Å². The molecule has 5 heteroatoms. The summed E-state index contributed by atoms with van der Waals surface area (Å²) in [6, 6.07) is 0. The Morgan fingerprint density at radius 2 is 2.07 bits per heavy atom. The molecule has 2 N–H and O–H groups in total. The van der Waals surface area contributed by atoms with Crippen molar-refractivity contribution < 1.29 is 14.7 Å². The normalized spacial score (nSPS) is 19.9. The third kappa shape index (κ3) is 2.04. The van der Waals surface area contributed by atoms with Gasteiger partial charge in [-0.05, 0) is 6.54 Å². The number of rotatable bonds is 4. The Kier molecular flexibility index (Phi) is 3.10. The summed E-state index contributed by atoms with van der Waals surface area (Å²) in [5.74, 6) is -1.00. The SMILES string of the molecule is CCN1CC(CNC(C)=O)(C(=O)O)C1. The Balaban J connectivity index is 2.50. The van der Waals surface area contributed by atoms with Gasteiger partial charge in [0.2, 0.25) is 5.91 Å². The van der Waals surface area contributed by atoms with Crippen LogP contribution in [0.3, 0.4) is 0 Å². The summed E-state index contributed by atoms with van der Waals surface area (Å²) < 4.78 is 0. The van der Waals surface area contributed by atoms with E-state index in [-0.39, 0.29) is 12.5 Å². The van der Waals surface area contributed by atoms with E-state index in [1.165, 1.54) is 6.92 Å². The van der Waals surface area contributed by atoms with E-state index in [2.05, 4.69) is 5.32 Å². The number of carboxylic acid groups (broad SMARTS) is 1. The fraction of sp³-hybridized carbons (Fsp3) is 0.778. The molecule has 0 aromatic rings. The van der Waals surface area contributed by atoms with Crippen molar-refractivity contribution in [2.45, 2.75) is 13.8 Å². The van der Waals surface area contributed by atoms with Crippen molar-refractivity contribution >= 4 is 11.9 Å². The number of aliphatic carboxylic acids is 1. The third-order valence-corrected chi connectivity index (χ3v) is 2.63. The summed E-state index contributed by atoms with van der Waals surface area (Å²) in [5, 5.41) is 11.6. The average molecular weight is 200 g/mol. The zero-order valence-corrected chi connectivity index (χ0v) is 8.54. The van der Waals surface area contributed by atoms with E-state index < -0.39 is 11.4 Å². The Morgan fingerprint density at radius 3 is 2.43 bits per heavy atom. The molecule has 0 atom stereocenters. The lowest BCUT2D eigenvalue weighted by molar-refractivity contribution is -0.160. The minimum absolute atomic E-state index is 0.180. The standard InChI is InChI=1S/C9H16N2O3/c1-3-11-5-9(6-11,8(13)14)4-10-7(2)12/h3-6H2,1-2H3,(H,10,12)(H,13,14). The highest BCUT2D eigenvalue weighted by Gasteiger charge is 2.48. The summed E-state index contributed by atoms with van der Waals surface area (Å²) in [7, 11) is 0. The molecule has 0 saturated carbocycles. The quantitative estimate of drug-likeness (QED) is 0.643. The van der Waals surface area contributed by atoms with Crippen molar-refractivity contribution in [2.75, 3.05) is 26.2 Å². The number of carbonyl (C=O) groups excluding carboxylic acids is 1. The van der Waals surface area contributed by atoms with Crippen molar-refractivity contribution in [3.8, 4) is 0 Å². The summed E-state index contributed by atoms with van der Waals surface area (Å²) in [6.45, 7) is 5.53. The van der Waals surface area contributed by atoms with Crippen LogP contribution in [0.1, 0.15) is 13.8 Å². The van der Waals surface area contributed by atoms with Crippen LogP contribution in [0.25, 0.3) is 0 Å². The van der Waals surface area contributed by atoms with Gasteiger partial charge in [-0.1, -0.05) is 6.92 Å². The van der Waals surface area contributed by atoms with Gasteiger partial charge < -0.3 is 15.3 Å². The van der Waals surface area contributed by atoms with E-state index in [9.17, 15) is 9.59 Å². The highest BCUT2D eigenvalue weighted by Crippen LogP contribution is 2.29. The molecule has 0 aromatic carbocycles. The second-order valence-corrected chi connectivity index (χ2v) is 3.80. The number of amides is 1. The van der Waals surface area contributed by atoms with Crippen molar-refractivity contribution in [2.24, 2.45) is 5.41 Å². The second kappa shape index (κ2) is 3.96. The first-order valence-electron chi connectivity index (χ1n) is 4.70. The molecule has 0 spiro atoms. The topological polar surface area (TPSA) is 69.6 Å². The van der Waals surface area contributed by atoms with Gasteiger partial charge in [-0.3, -0.25) is 9.59 Å². The molecule has 80 valence electrons. The van der Waals surface area contributed by atoms with Gasteiger partial charge in [-0.25, -0.2) is 0 Å². The monoisotopic (exact) mass is 200 g/mol. The van der Waals surface area contributed by atoms with Gasteiger partial charge in [0.25, 0.3) is 0 Å². The number of hydrogen-bond donors (Lipinski definition) is 2. The highest BCUT2D eigenvalue weighted by atomic mass is 16.4.